The summed E-state index contributed by atoms with van der Waals surface area (Å²) in [6.07, 6.45) is 3.52. The second-order valence-electron chi connectivity index (χ2n) is 5.35. The van der Waals surface area contributed by atoms with Gasteiger partial charge in [-0.2, -0.15) is 4.98 Å². The van der Waals surface area contributed by atoms with Gasteiger partial charge >= 0.3 is 0 Å². The van der Waals surface area contributed by atoms with Crippen LogP contribution in [-0.4, -0.2) is 38.9 Å². The summed E-state index contributed by atoms with van der Waals surface area (Å²) >= 11 is 0. The first-order valence-corrected chi connectivity index (χ1v) is 6.45. The molecule has 0 spiro atoms. The zero-order chi connectivity index (χ0) is 13.5. The van der Waals surface area contributed by atoms with Gasteiger partial charge in [0.1, 0.15) is 5.54 Å². The molecular weight excluding hydrogens is 248 g/mol. The Bertz CT molecular complexity index is 497. The lowest BCUT2D eigenvalue weighted by Crippen LogP contribution is -2.56. The molecule has 1 aromatic rings. The Morgan fingerprint density at radius 2 is 2.32 bits per heavy atom. The van der Waals surface area contributed by atoms with Crippen molar-refractivity contribution in [1.29, 1.82) is 0 Å². The predicted octanol–water partition coefficient (Wildman–Crippen LogP) is 0.0868. The van der Waals surface area contributed by atoms with Gasteiger partial charge in [-0.15, -0.1) is 0 Å². The predicted molar refractivity (Wildman–Crippen MR) is 63.6 cm³/mol. The van der Waals surface area contributed by atoms with Gasteiger partial charge in [-0.05, 0) is 25.7 Å². The van der Waals surface area contributed by atoms with E-state index in [1.165, 1.54) is 6.39 Å². The lowest BCUT2D eigenvalue weighted by Gasteiger charge is -2.31. The van der Waals surface area contributed by atoms with Crippen molar-refractivity contribution in [1.82, 2.24) is 20.4 Å². The fourth-order valence-electron chi connectivity index (χ4n) is 2.59. The van der Waals surface area contributed by atoms with E-state index >= 15 is 0 Å². The van der Waals surface area contributed by atoms with E-state index in [1.54, 1.807) is 4.90 Å². The van der Waals surface area contributed by atoms with Gasteiger partial charge in [-0.3, -0.25) is 9.59 Å². The minimum absolute atomic E-state index is 0.0503. The van der Waals surface area contributed by atoms with Crippen LogP contribution in [0.1, 0.15) is 32.0 Å². The first-order chi connectivity index (χ1) is 9.09. The molecule has 1 N–H and O–H groups in total. The third-order valence-corrected chi connectivity index (χ3v) is 3.87. The highest BCUT2D eigenvalue weighted by Gasteiger charge is 2.51. The van der Waals surface area contributed by atoms with Crippen LogP contribution < -0.4 is 5.32 Å². The number of aromatic nitrogens is 2. The second kappa shape index (κ2) is 4.32. The van der Waals surface area contributed by atoms with Crippen molar-refractivity contribution in [3.05, 3.63) is 12.2 Å². The van der Waals surface area contributed by atoms with Crippen LogP contribution in [-0.2, 0) is 16.1 Å². The first kappa shape index (κ1) is 12.1. The van der Waals surface area contributed by atoms with Crippen molar-refractivity contribution in [2.45, 2.75) is 38.3 Å². The average molecular weight is 264 g/mol. The standard InChI is InChI=1S/C12H16N4O3/c1-12(8-2-3-8)11(18)16(5-4-10(17)14-12)6-9-13-7-19-15-9/h7-8H,2-6H2,1H3,(H,14,17). The molecule has 1 aromatic heterocycles. The van der Waals surface area contributed by atoms with E-state index in [9.17, 15) is 9.59 Å². The van der Waals surface area contributed by atoms with E-state index in [4.69, 9.17) is 0 Å². The molecule has 1 aliphatic carbocycles. The highest BCUT2D eigenvalue weighted by molar-refractivity contribution is 5.93. The smallest absolute Gasteiger partial charge is 0.248 e. The number of hydrogen-bond acceptors (Lipinski definition) is 5. The molecule has 2 amide bonds. The van der Waals surface area contributed by atoms with Crippen molar-refractivity contribution in [2.75, 3.05) is 6.54 Å². The molecule has 19 heavy (non-hydrogen) atoms. The number of rotatable bonds is 3. The summed E-state index contributed by atoms with van der Waals surface area (Å²) in [5, 5.41) is 6.60. The zero-order valence-electron chi connectivity index (χ0n) is 10.8. The SMILES string of the molecule is CC1(C2CC2)NC(=O)CCN(Cc2ncon2)C1=O. The summed E-state index contributed by atoms with van der Waals surface area (Å²) in [4.78, 5) is 30.0. The molecule has 2 heterocycles. The van der Waals surface area contributed by atoms with Gasteiger partial charge in [0.2, 0.25) is 18.2 Å². The summed E-state index contributed by atoms with van der Waals surface area (Å²) in [5.41, 5.74) is -0.780. The van der Waals surface area contributed by atoms with Crippen LogP contribution in [0, 0.1) is 5.92 Å². The van der Waals surface area contributed by atoms with Crippen molar-refractivity contribution in [3.8, 4) is 0 Å². The van der Waals surface area contributed by atoms with Gasteiger partial charge in [-0.25, -0.2) is 0 Å². The topological polar surface area (TPSA) is 88.3 Å². The maximum absolute atomic E-state index is 12.6. The van der Waals surface area contributed by atoms with Crippen LogP contribution in [0.2, 0.25) is 0 Å². The average Bonchev–Trinajstić information content (AvgIpc) is 3.13. The van der Waals surface area contributed by atoms with Crippen LogP contribution in [0.4, 0.5) is 0 Å². The maximum atomic E-state index is 12.6. The number of carbonyl (C=O) groups excluding carboxylic acids is 2. The quantitative estimate of drug-likeness (QED) is 0.835. The fourth-order valence-corrected chi connectivity index (χ4v) is 2.59. The molecule has 0 radical (unpaired) electrons. The number of hydrogen-bond donors (Lipinski definition) is 1. The maximum Gasteiger partial charge on any atom is 0.248 e. The molecule has 2 aliphatic rings. The van der Waals surface area contributed by atoms with E-state index in [2.05, 4.69) is 20.0 Å². The van der Waals surface area contributed by atoms with E-state index in [0.717, 1.165) is 12.8 Å². The van der Waals surface area contributed by atoms with Crippen LogP contribution in [0.5, 0.6) is 0 Å². The molecule has 1 saturated carbocycles. The van der Waals surface area contributed by atoms with Gasteiger partial charge in [-0.1, -0.05) is 5.16 Å². The van der Waals surface area contributed by atoms with Gasteiger partial charge in [0.25, 0.3) is 0 Å². The van der Waals surface area contributed by atoms with Crippen LogP contribution >= 0.6 is 0 Å². The zero-order valence-corrected chi connectivity index (χ0v) is 10.8. The molecule has 0 bridgehead atoms. The summed E-state index contributed by atoms with van der Waals surface area (Å²) in [5.74, 6) is 0.583. The monoisotopic (exact) mass is 264 g/mol. The minimum Gasteiger partial charge on any atom is -0.343 e. The Morgan fingerprint density at radius 1 is 1.53 bits per heavy atom. The summed E-state index contributed by atoms with van der Waals surface area (Å²) < 4.78 is 4.67. The first-order valence-electron chi connectivity index (χ1n) is 6.45. The van der Waals surface area contributed by atoms with Gasteiger partial charge in [0.05, 0.1) is 6.54 Å². The van der Waals surface area contributed by atoms with Crippen LogP contribution in [0.15, 0.2) is 10.9 Å². The molecular formula is C12H16N4O3. The molecule has 7 nitrogen and oxygen atoms in total. The van der Waals surface area contributed by atoms with Crippen LogP contribution in [0.3, 0.4) is 0 Å². The highest BCUT2D eigenvalue weighted by Crippen LogP contribution is 2.41. The van der Waals surface area contributed by atoms with E-state index in [-0.39, 0.29) is 24.3 Å². The summed E-state index contributed by atoms with van der Waals surface area (Å²) in [6, 6.07) is 0. The largest absolute Gasteiger partial charge is 0.343 e. The molecule has 1 atom stereocenters. The lowest BCUT2D eigenvalue weighted by molar-refractivity contribution is -0.139. The lowest BCUT2D eigenvalue weighted by atomic mass is 9.94. The summed E-state index contributed by atoms with van der Waals surface area (Å²) in [7, 11) is 0. The molecule has 1 aliphatic heterocycles. The Hall–Kier alpha value is -1.92. The Kier molecular flexibility index (Phi) is 2.76. The summed E-state index contributed by atoms with van der Waals surface area (Å²) in [6.45, 7) is 2.49. The third kappa shape index (κ3) is 2.20. The number of nitrogens with zero attached hydrogens (tertiary/aromatic N) is 3. The van der Waals surface area contributed by atoms with Crippen molar-refractivity contribution >= 4 is 11.8 Å². The molecule has 0 aromatic carbocycles. The molecule has 7 heteroatoms. The second-order valence-corrected chi connectivity index (χ2v) is 5.35. The van der Waals surface area contributed by atoms with Crippen molar-refractivity contribution in [3.63, 3.8) is 0 Å². The van der Waals surface area contributed by atoms with Crippen molar-refractivity contribution < 1.29 is 14.1 Å². The normalized spacial score (nSPS) is 28.2. The number of nitrogens with one attached hydrogen (secondary N) is 1. The minimum atomic E-state index is -0.780. The van der Waals surface area contributed by atoms with Gasteiger partial charge in [0.15, 0.2) is 5.82 Å². The highest BCUT2D eigenvalue weighted by atomic mass is 16.5. The molecule has 1 saturated heterocycles. The van der Waals surface area contributed by atoms with Gasteiger partial charge < -0.3 is 14.7 Å². The molecule has 2 fully saturated rings. The van der Waals surface area contributed by atoms with Crippen LogP contribution in [0.25, 0.3) is 0 Å². The molecule has 102 valence electrons. The van der Waals surface area contributed by atoms with E-state index < -0.39 is 5.54 Å². The Balaban J connectivity index is 1.83. The van der Waals surface area contributed by atoms with E-state index in [1.807, 2.05) is 6.92 Å². The fraction of sp³-hybridized carbons (Fsp3) is 0.667. The molecule has 3 rings (SSSR count). The number of carbonyl (C=O) groups is 2. The van der Waals surface area contributed by atoms with Gasteiger partial charge in [0, 0.05) is 13.0 Å². The third-order valence-electron chi connectivity index (χ3n) is 3.87. The number of amides is 2. The Morgan fingerprint density at radius 3 is 2.95 bits per heavy atom. The van der Waals surface area contributed by atoms with Crippen molar-refractivity contribution in [2.24, 2.45) is 5.92 Å². The Labute approximate surface area is 110 Å². The van der Waals surface area contributed by atoms with E-state index in [0.29, 0.717) is 18.8 Å². The molecule has 1 unspecified atom stereocenters.